The standard InChI is InChI=1S/C23H27N3O/c1-16-6-4-5-7-20(16)19-10-8-18(9-11-19)14-22(24)21-15-26(17(2)27)13-12-23(21)25-3/h4-11H,12-15,24H2,1-3H3. The first-order chi connectivity index (χ1) is 13.0. The van der Waals surface area contributed by atoms with Crippen LogP contribution in [0.25, 0.3) is 11.1 Å². The van der Waals surface area contributed by atoms with Crippen LogP contribution in [0.5, 0.6) is 0 Å². The van der Waals surface area contributed by atoms with Crippen LogP contribution in [0.3, 0.4) is 0 Å². The maximum atomic E-state index is 11.7. The SMILES string of the molecule is CN=C1CCN(C(C)=O)CC1=C(N)Cc1ccc(-c2ccccc2C)cc1. The van der Waals surface area contributed by atoms with Crippen LogP contribution in [0.4, 0.5) is 0 Å². The number of likely N-dealkylation sites (tertiary alicyclic amines) is 1. The molecule has 1 saturated heterocycles. The van der Waals surface area contributed by atoms with E-state index in [0.717, 1.165) is 29.0 Å². The van der Waals surface area contributed by atoms with E-state index in [2.05, 4.69) is 60.4 Å². The maximum absolute atomic E-state index is 11.7. The summed E-state index contributed by atoms with van der Waals surface area (Å²) in [5, 5.41) is 0. The second kappa shape index (κ2) is 8.21. The second-order valence-corrected chi connectivity index (χ2v) is 7.05. The fraction of sp³-hybridized carbons (Fsp3) is 0.304. The van der Waals surface area contributed by atoms with Crippen LogP contribution in [0.15, 0.2) is 64.8 Å². The van der Waals surface area contributed by atoms with E-state index >= 15 is 0 Å². The van der Waals surface area contributed by atoms with Gasteiger partial charge in [0.25, 0.3) is 0 Å². The molecule has 1 aliphatic heterocycles. The summed E-state index contributed by atoms with van der Waals surface area (Å²) in [6.07, 6.45) is 1.42. The Hall–Kier alpha value is -2.88. The topological polar surface area (TPSA) is 58.7 Å². The molecule has 0 atom stereocenters. The van der Waals surface area contributed by atoms with Crippen molar-refractivity contribution in [3.63, 3.8) is 0 Å². The van der Waals surface area contributed by atoms with Crippen LogP contribution in [0, 0.1) is 6.92 Å². The molecule has 2 aromatic carbocycles. The molecule has 0 spiro atoms. The Morgan fingerprint density at radius 1 is 1.15 bits per heavy atom. The Morgan fingerprint density at radius 2 is 1.85 bits per heavy atom. The van der Waals surface area contributed by atoms with E-state index in [1.165, 1.54) is 16.7 Å². The van der Waals surface area contributed by atoms with E-state index in [1.807, 2.05) is 4.90 Å². The number of piperidine rings is 1. The van der Waals surface area contributed by atoms with E-state index in [-0.39, 0.29) is 5.91 Å². The van der Waals surface area contributed by atoms with Crippen LogP contribution in [0.2, 0.25) is 0 Å². The van der Waals surface area contributed by atoms with Gasteiger partial charge in [0.05, 0.1) is 0 Å². The molecule has 0 aliphatic carbocycles. The molecule has 3 rings (SSSR count). The van der Waals surface area contributed by atoms with Gasteiger partial charge >= 0.3 is 0 Å². The van der Waals surface area contributed by atoms with Crippen LogP contribution in [0.1, 0.15) is 24.5 Å². The van der Waals surface area contributed by atoms with Crippen molar-refractivity contribution in [2.45, 2.75) is 26.7 Å². The van der Waals surface area contributed by atoms with E-state index in [4.69, 9.17) is 5.73 Å². The van der Waals surface area contributed by atoms with Crippen LogP contribution >= 0.6 is 0 Å². The molecule has 4 nitrogen and oxygen atoms in total. The molecule has 1 aliphatic rings. The predicted molar refractivity (Wildman–Crippen MR) is 112 cm³/mol. The van der Waals surface area contributed by atoms with E-state index < -0.39 is 0 Å². The largest absolute Gasteiger partial charge is 0.401 e. The summed E-state index contributed by atoms with van der Waals surface area (Å²) in [4.78, 5) is 18.0. The van der Waals surface area contributed by atoms with Crippen molar-refractivity contribution < 1.29 is 4.79 Å². The molecule has 0 aromatic heterocycles. The first-order valence-electron chi connectivity index (χ1n) is 9.33. The number of carbonyl (C=O) groups is 1. The summed E-state index contributed by atoms with van der Waals surface area (Å²) in [5.41, 5.74) is 14.1. The molecular formula is C23H27N3O. The van der Waals surface area contributed by atoms with E-state index in [1.54, 1.807) is 14.0 Å². The first kappa shape index (κ1) is 18.9. The van der Waals surface area contributed by atoms with E-state index in [9.17, 15) is 4.79 Å². The molecule has 1 heterocycles. The van der Waals surface area contributed by atoms with Crippen molar-refractivity contribution in [2.24, 2.45) is 10.7 Å². The number of amides is 1. The van der Waals surface area contributed by atoms with Crippen molar-refractivity contribution in [3.05, 3.63) is 70.9 Å². The normalized spacial score (nSPS) is 17.9. The van der Waals surface area contributed by atoms with Gasteiger partial charge in [-0.1, -0.05) is 48.5 Å². The molecule has 0 unspecified atom stereocenters. The molecule has 4 heteroatoms. The molecule has 140 valence electrons. The van der Waals surface area contributed by atoms with Crippen LogP contribution < -0.4 is 5.73 Å². The Labute approximate surface area is 161 Å². The number of nitrogens with two attached hydrogens (primary N) is 1. The van der Waals surface area contributed by atoms with Gasteiger partial charge in [0.15, 0.2) is 0 Å². The maximum Gasteiger partial charge on any atom is 0.219 e. The number of benzene rings is 2. The minimum Gasteiger partial charge on any atom is -0.401 e. The van der Waals surface area contributed by atoms with Crippen molar-refractivity contribution >= 4 is 11.6 Å². The Balaban J connectivity index is 1.82. The lowest BCUT2D eigenvalue weighted by Gasteiger charge is -2.30. The quantitative estimate of drug-likeness (QED) is 0.905. The third kappa shape index (κ3) is 4.27. The van der Waals surface area contributed by atoms with Gasteiger partial charge in [-0.05, 0) is 29.2 Å². The zero-order chi connectivity index (χ0) is 19.4. The number of aryl methyl sites for hydroxylation is 1. The van der Waals surface area contributed by atoms with Crippen molar-refractivity contribution in [3.8, 4) is 11.1 Å². The highest BCUT2D eigenvalue weighted by Gasteiger charge is 2.23. The average molecular weight is 361 g/mol. The Morgan fingerprint density at radius 3 is 2.48 bits per heavy atom. The van der Waals surface area contributed by atoms with Gasteiger partial charge in [-0.2, -0.15) is 0 Å². The van der Waals surface area contributed by atoms with Gasteiger partial charge < -0.3 is 10.6 Å². The number of hydrogen-bond donors (Lipinski definition) is 1. The predicted octanol–water partition coefficient (Wildman–Crippen LogP) is 3.74. The number of aliphatic imine (C=N–C) groups is 1. The van der Waals surface area contributed by atoms with Gasteiger partial charge in [0.1, 0.15) is 0 Å². The third-order valence-electron chi connectivity index (χ3n) is 5.22. The lowest BCUT2D eigenvalue weighted by Crippen LogP contribution is -2.40. The third-order valence-corrected chi connectivity index (χ3v) is 5.22. The van der Waals surface area contributed by atoms with Crippen molar-refractivity contribution in [1.29, 1.82) is 0 Å². The zero-order valence-corrected chi connectivity index (χ0v) is 16.3. The summed E-state index contributed by atoms with van der Waals surface area (Å²) in [5.74, 6) is 0.0815. The summed E-state index contributed by atoms with van der Waals surface area (Å²) in [6.45, 7) is 4.99. The van der Waals surface area contributed by atoms with Gasteiger partial charge in [-0.25, -0.2) is 0 Å². The van der Waals surface area contributed by atoms with Crippen molar-refractivity contribution in [2.75, 3.05) is 20.1 Å². The lowest BCUT2D eigenvalue weighted by molar-refractivity contribution is -0.128. The summed E-state index contributed by atoms with van der Waals surface area (Å²) in [7, 11) is 1.79. The molecular weight excluding hydrogens is 334 g/mol. The highest BCUT2D eigenvalue weighted by Crippen LogP contribution is 2.24. The van der Waals surface area contributed by atoms with Crippen LogP contribution in [-0.4, -0.2) is 36.7 Å². The van der Waals surface area contributed by atoms with E-state index in [0.29, 0.717) is 19.5 Å². The lowest BCUT2D eigenvalue weighted by atomic mass is 9.95. The molecule has 27 heavy (non-hydrogen) atoms. The number of allylic oxidation sites excluding steroid dienone is 1. The first-order valence-corrected chi connectivity index (χ1v) is 9.33. The molecule has 1 fully saturated rings. The molecule has 0 bridgehead atoms. The second-order valence-electron chi connectivity index (χ2n) is 7.05. The minimum atomic E-state index is 0.0815. The Bertz CT molecular complexity index is 894. The van der Waals surface area contributed by atoms with Crippen molar-refractivity contribution in [1.82, 2.24) is 4.90 Å². The fourth-order valence-electron chi connectivity index (χ4n) is 3.58. The molecule has 2 N–H and O–H groups in total. The van der Waals surface area contributed by atoms with Gasteiger partial charge in [-0.15, -0.1) is 0 Å². The number of hydrogen-bond acceptors (Lipinski definition) is 3. The zero-order valence-electron chi connectivity index (χ0n) is 16.3. The number of carbonyl (C=O) groups excluding carboxylic acids is 1. The van der Waals surface area contributed by atoms with Gasteiger partial charge in [0.2, 0.25) is 5.91 Å². The molecule has 0 radical (unpaired) electrons. The monoisotopic (exact) mass is 361 g/mol. The highest BCUT2D eigenvalue weighted by molar-refractivity contribution is 6.02. The fourth-order valence-corrected chi connectivity index (χ4v) is 3.58. The average Bonchev–Trinajstić information content (AvgIpc) is 2.68. The highest BCUT2D eigenvalue weighted by atomic mass is 16.2. The summed E-state index contributed by atoms with van der Waals surface area (Å²) in [6, 6.07) is 16.9. The molecule has 2 aromatic rings. The molecule has 0 saturated carbocycles. The summed E-state index contributed by atoms with van der Waals surface area (Å²) >= 11 is 0. The smallest absolute Gasteiger partial charge is 0.219 e. The van der Waals surface area contributed by atoms with Gasteiger partial charge in [-0.3, -0.25) is 9.79 Å². The van der Waals surface area contributed by atoms with Gasteiger partial charge in [0, 0.05) is 56.9 Å². The Kier molecular flexibility index (Phi) is 5.75. The molecule has 1 amide bonds. The van der Waals surface area contributed by atoms with Crippen LogP contribution in [-0.2, 0) is 11.2 Å². The number of nitrogens with zero attached hydrogens (tertiary/aromatic N) is 2. The minimum absolute atomic E-state index is 0.0815. The summed E-state index contributed by atoms with van der Waals surface area (Å²) < 4.78 is 0. The number of rotatable bonds is 3.